The van der Waals surface area contributed by atoms with Crippen molar-refractivity contribution in [2.24, 2.45) is 0 Å². The molecule has 1 heteroatoms. The van der Waals surface area contributed by atoms with Gasteiger partial charge in [-0.1, -0.05) is 101 Å². The summed E-state index contributed by atoms with van der Waals surface area (Å²) in [6, 6.07) is 33.0. The molecule has 0 amide bonds. The van der Waals surface area contributed by atoms with Crippen LogP contribution in [0, 0.1) is 0 Å². The van der Waals surface area contributed by atoms with Crippen molar-refractivity contribution in [1.82, 2.24) is 0 Å². The molecule has 0 nitrogen and oxygen atoms in total. The first kappa shape index (κ1) is 15.2. The zero-order valence-corrected chi connectivity index (χ0v) is 16.1. The van der Waals surface area contributed by atoms with Gasteiger partial charge < -0.3 is 0 Å². The summed E-state index contributed by atoms with van der Waals surface area (Å²) in [6.07, 6.45) is 0. The van der Waals surface area contributed by atoms with E-state index in [-0.39, 0.29) is 0 Å². The van der Waals surface area contributed by atoms with Gasteiger partial charge in [-0.05, 0) is 55.4 Å². The van der Waals surface area contributed by atoms with Crippen LogP contribution in [-0.2, 0) is 0 Å². The lowest BCUT2D eigenvalue weighted by atomic mass is 9.91. The molecule has 27 heavy (non-hydrogen) atoms. The van der Waals surface area contributed by atoms with E-state index >= 15 is 0 Å². The lowest BCUT2D eigenvalue weighted by molar-refractivity contribution is 1.65. The molecule has 0 N–H and O–H groups in total. The summed E-state index contributed by atoms with van der Waals surface area (Å²) < 4.78 is 1.14. The lowest BCUT2D eigenvalue weighted by Gasteiger charge is -2.14. The highest BCUT2D eigenvalue weighted by atomic mass is 79.9. The fourth-order valence-corrected chi connectivity index (χ4v) is 5.10. The SMILES string of the molecule is Brc1ccc2ccccc2c1-c1ccc2c3c(cccc13)-c1ccccc1-2. The third-order valence-corrected chi connectivity index (χ3v) is 6.36. The molecular weight excluding hydrogens is 392 g/mol. The summed E-state index contributed by atoms with van der Waals surface area (Å²) in [4.78, 5) is 0. The van der Waals surface area contributed by atoms with Crippen LogP contribution in [0.4, 0.5) is 0 Å². The second kappa shape index (κ2) is 5.55. The Labute approximate surface area is 166 Å². The largest absolute Gasteiger partial charge is 0.0616 e. The van der Waals surface area contributed by atoms with Gasteiger partial charge in [0.2, 0.25) is 0 Å². The average molecular weight is 407 g/mol. The van der Waals surface area contributed by atoms with E-state index in [1.165, 1.54) is 54.9 Å². The Morgan fingerprint density at radius 1 is 0.444 bits per heavy atom. The standard InChI is InChI=1S/C26H15Br/c27-24-15-12-16-6-1-2-7-17(16)26(24)23-14-13-22-19-9-4-3-8-18(19)20-10-5-11-21(23)25(20)22/h1-15H. The van der Waals surface area contributed by atoms with Gasteiger partial charge in [-0.2, -0.15) is 0 Å². The van der Waals surface area contributed by atoms with Gasteiger partial charge in [0.25, 0.3) is 0 Å². The first-order valence-corrected chi connectivity index (χ1v) is 9.95. The van der Waals surface area contributed by atoms with E-state index in [4.69, 9.17) is 0 Å². The number of halogens is 1. The summed E-state index contributed by atoms with van der Waals surface area (Å²) in [7, 11) is 0. The van der Waals surface area contributed by atoms with Gasteiger partial charge >= 0.3 is 0 Å². The first-order valence-electron chi connectivity index (χ1n) is 9.16. The van der Waals surface area contributed by atoms with Crippen molar-refractivity contribution < 1.29 is 0 Å². The summed E-state index contributed by atoms with van der Waals surface area (Å²) in [5.74, 6) is 0. The Balaban J connectivity index is 1.77. The second-order valence-corrected chi connectivity index (χ2v) is 7.93. The van der Waals surface area contributed by atoms with Gasteiger partial charge in [-0.3, -0.25) is 0 Å². The Morgan fingerprint density at radius 3 is 1.93 bits per heavy atom. The van der Waals surface area contributed by atoms with Crippen LogP contribution in [-0.4, -0.2) is 0 Å². The Hall–Kier alpha value is -2.90. The van der Waals surface area contributed by atoms with Crippen LogP contribution in [0.3, 0.4) is 0 Å². The van der Waals surface area contributed by atoms with Gasteiger partial charge in [0, 0.05) is 10.0 Å². The minimum atomic E-state index is 1.14. The van der Waals surface area contributed by atoms with Crippen LogP contribution in [0.1, 0.15) is 0 Å². The van der Waals surface area contributed by atoms with Crippen LogP contribution < -0.4 is 0 Å². The van der Waals surface area contributed by atoms with Crippen LogP contribution >= 0.6 is 15.9 Å². The van der Waals surface area contributed by atoms with Crippen molar-refractivity contribution in [3.63, 3.8) is 0 Å². The Morgan fingerprint density at radius 2 is 1.07 bits per heavy atom. The predicted molar refractivity (Wildman–Crippen MR) is 119 cm³/mol. The summed E-state index contributed by atoms with van der Waals surface area (Å²) in [5, 5.41) is 5.24. The molecule has 0 radical (unpaired) electrons. The molecule has 0 atom stereocenters. The van der Waals surface area contributed by atoms with Crippen molar-refractivity contribution in [1.29, 1.82) is 0 Å². The number of benzene rings is 5. The number of hydrogen-bond donors (Lipinski definition) is 0. The van der Waals surface area contributed by atoms with Gasteiger partial charge in [0.05, 0.1) is 0 Å². The van der Waals surface area contributed by atoms with Gasteiger partial charge in [-0.15, -0.1) is 0 Å². The van der Waals surface area contributed by atoms with E-state index in [1.54, 1.807) is 0 Å². The lowest BCUT2D eigenvalue weighted by Crippen LogP contribution is -1.87. The smallest absolute Gasteiger partial charge is 0.0260 e. The average Bonchev–Trinajstić information content (AvgIpc) is 3.05. The molecule has 0 aromatic heterocycles. The molecule has 5 aromatic carbocycles. The van der Waals surface area contributed by atoms with E-state index in [0.717, 1.165) is 4.47 Å². The molecule has 0 bridgehead atoms. The minimum absolute atomic E-state index is 1.14. The maximum atomic E-state index is 3.82. The third-order valence-electron chi connectivity index (χ3n) is 5.70. The molecule has 0 heterocycles. The monoisotopic (exact) mass is 406 g/mol. The van der Waals surface area contributed by atoms with E-state index < -0.39 is 0 Å². The predicted octanol–water partition coefficient (Wildman–Crippen LogP) is 8.07. The van der Waals surface area contributed by atoms with E-state index in [1.807, 2.05) is 0 Å². The van der Waals surface area contributed by atoms with Crippen molar-refractivity contribution in [2.45, 2.75) is 0 Å². The highest BCUT2D eigenvalue weighted by Gasteiger charge is 2.23. The van der Waals surface area contributed by atoms with Crippen LogP contribution in [0.5, 0.6) is 0 Å². The normalized spacial score (nSPS) is 11.9. The number of hydrogen-bond acceptors (Lipinski definition) is 0. The maximum Gasteiger partial charge on any atom is 0.0260 e. The highest BCUT2D eigenvalue weighted by Crippen LogP contribution is 2.50. The molecule has 126 valence electrons. The van der Waals surface area contributed by atoms with Crippen molar-refractivity contribution in [3.05, 3.63) is 95.5 Å². The zero-order chi connectivity index (χ0) is 18.0. The molecule has 0 spiro atoms. The van der Waals surface area contributed by atoms with Crippen LogP contribution in [0.2, 0.25) is 0 Å². The van der Waals surface area contributed by atoms with Crippen molar-refractivity contribution in [2.75, 3.05) is 0 Å². The molecule has 1 aliphatic rings. The number of rotatable bonds is 1. The highest BCUT2D eigenvalue weighted by molar-refractivity contribution is 9.10. The fraction of sp³-hybridized carbons (Fsp3) is 0. The third kappa shape index (κ3) is 2.03. The van der Waals surface area contributed by atoms with Crippen molar-refractivity contribution >= 4 is 37.5 Å². The molecule has 0 saturated heterocycles. The zero-order valence-electron chi connectivity index (χ0n) is 14.5. The summed E-state index contributed by atoms with van der Waals surface area (Å²) in [5.41, 5.74) is 7.92. The molecule has 6 rings (SSSR count). The molecule has 0 saturated carbocycles. The Bertz CT molecular complexity index is 1350. The molecule has 5 aromatic rings. The molecule has 0 aliphatic heterocycles. The topological polar surface area (TPSA) is 0 Å². The van der Waals surface area contributed by atoms with Gasteiger partial charge in [0.1, 0.15) is 0 Å². The van der Waals surface area contributed by atoms with Crippen LogP contribution in [0.15, 0.2) is 95.5 Å². The summed E-state index contributed by atoms with van der Waals surface area (Å²) >= 11 is 3.82. The minimum Gasteiger partial charge on any atom is -0.0616 e. The molecular formula is C26H15Br. The van der Waals surface area contributed by atoms with Gasteiger partial charge in [0.15, 0.2) is 0 Å². The quantitative estimate of drug-likeness (QED) is 0.259. The van der Waals surface area contributed by atoms with Crippen molar-refractivity contribution in [3.8, 4) is 33.4 Å². The summed E-state index contributed by atoms with van der Waals surface area (Å²) in [6.45, 7) is 0. The first-order chi connectivity index (χ1) is 13.3. The van der Waals surface area contributed by atoms with Gasteiger partial charge in [-0.25, -0.2) is 0 Å². The number of fused-ring (bicyclic) bond motifs is 4. The maximum absolute atomic E-state index is 3.82. The molecule has 1 aliphatic carbocycles. The van der Waals surface area contributed by atoms with E-state index in [9.17, 15) is 0 Å². The Kier molecular flexibility index (Phi) is 3.12. The van der Waals surface area contributed by atoms with E-state index in [2.05, 4.69) is 107 Å². The van der Waals surface area contributed by atoms with Crippen LogP contribution in [0.25, 0.3) is 54.9 Å². The molecule has 0 unspecified atom stereocenters. The van der Waals surface area contributed by atoms with E-state index in [0.29, 0.717) is 0 Å². The fourth-order valence-electron chi connectivity index (χ4n) is 4.55. The molecule has 0 fully saturated rings. The second-order valence-electron chi connectivity index (χ2n) is 7.08.